The lowest BCUT2D eigenvalue weighted by Gasteiger charge is -2.19. The molecule has 0 saturated carbocycles. The van der Waals surface area contributed by atoms with Gasteiger partial charge in [-0.1, -0.05) is 6.07 Å². The van der Waals surface area contributed by atoms with Crippen LogP contribution in [0.4, 0.5) is 0 Å². The Labute approximate surface area is 123 Å². The van der Waals surface area contributed by atoms with Crippen LogP contribution in [0.15, 0.2) is 36.7 Å². The van der Waals surface area contributed by atoms with Crippen molar-refractivity contribution in [2.24, 2.45) is 0 Å². The normalized spacial score (nSPS) is 18.8. The maximum atomic E-state index is 11.0. The number of hydrogen-bond donors (Lipinski definition) is 1. The smallest absolute Gasteiger partial charge is 0.337 e. The fourth-order valence-corrected chi connectivity index (χ4v) is 2.78. The second-order valence-electron chi connectivity index (χ2n) is 5.35. The predicted octanol–water partition coefficient (Wildman–Crippen LogP) is 2.61. The van der Waals surface area contributed by atoms with Crippen LogP contribution in [0.1, 0.15) is 34.9 Å². The van der Waals surface area contributed by atoms with E-state index in [0.29, 0.717) is 6.04 Å². The molecular formula is C16H17N3O2. The summed E-state index contributed by atoms with van der Waals surface area (Å²) < 4.78 is 0. The largest absolute Gasteiger partial charge is 0.478 e. The van der Waals surface area contributed by atoms with Gasteiger partial charge in [0.1, 0.15) is 0 Å². The Morgan fingerprint density at radius 1 is 1.38 bits per heavy atom. The van der Waals surface area contributed by atoms with E-state index in [2.05, 4.69) is 16.9 Å². The first-order chi connectivity index (χ1) is 10.1. The molecule has 108 valence electrons. The highest BCUT2D eigenvalue weighted by Gasteiger charge is 2.23. The van der Waals surface area contributed by atoms with Gasteiger partial charge in [0.25, 0.3) is 0 Å². The van der Waals surface area contributed by atoms with Crippen LogP contribution in [0.2, 0.25) is 0 Å². The molecule has 0 spiro atoms. The second kappa shape index (κ2) is 5.61. The summed E-state index contributed by atoms with van der Waals surface area (Å²) in [7, 11) is 2.11. The third kappa shape index (κ3) is 2.78. The number of aromatic carboxylic acids is 1. The van der Waals surface area contributed by atoms with E-state index in [1.54, 1.807) is 12.3 Å². The molecule has 1 aliphatic heterocycles. The molecule has 1 fully saturated rings. The fourth-order valence-electron chi connectivity index (χ4n) is 2.78. The predicted molar refractivity (Wildman–Crippen MR) is 79.0 cm³/mol. The number of aromatic nitrogens is 2. The molecule has 1 aliphatic rings. The summed E-state index contributed by atoms with van der Waals surface area (Å²) in [5.74, 6) is -0.976. The van der Waals surface area contributed by atoms with E-state index in [9.17, 15) is 4.79 Å². The van der Waals surface area contributed by atoms with Crippen LogP contribution < -0.4 is 0 Å². The quantitative estimate of drug-likeness (QED) is 0.938. The summed E-state index contributed by atoms with van der Waals surface area (Å²) in [4.78, 5) is 22.0. The molecule has 0 bridgehead atoms. The van der Waals surface area contributed by atoms with E-state index in [4.69, 9.17) is 10.1 Å². The molecule has 1 saturated heterocycles. The second-order valence-corrected chi connectivity index (χ2v) is 5.35. The van der Waals surface area contributed by atoms with Crippen molar-refractivity contribution in [2.45, 2.75) is 18.9 Å². The van der Waals surface area contributed by atoms with Crippen molar-refractivity contribution in [1.82, 2.24) is 14.9 Å². The van der Waals surface area contributed by atoms with Crippen molar-refractivity contribution in [3.05, 3.63) is 47.9 Å². The van der Waals surface area contributed by atoms with Gasteiger partial charge in [-0.3, -0.25) is 14.9 Å². The van der Waals surface area contributed by atoms with E-state index < -0.39 is 5.97 Å². The monoisotopic (exact) mass is 283 g/mol. The van der Waals surface area contributed by atoms with Crippen molar-refractivity contribution in [3.8, 4) is 11.3 Å². The van der Waals surface area contributed by atoms with Crippen LogP contribution in [0, 0.1) is 0 Å². The van der Waals surface area contributed by atoms with Gasteiger partial charge in [-0.15, -0.1) is 0 Å². The molecule has 1 N–H and O–H groups in total. The molecule has 1 unspecified atom stereocenters. The molecule has 0 aromatic carbocycles. The molecule has 2 aromatic rings. The van der Waals surface area contributed by atoms with Gasteiger partial charge in [-0.25, -0.2) is 4.79 Å². The van der Waals surface area contributed by atoms with Crippen molar-refractivity contribution in [3.63, 3.8) is 0 Å². The third-order valence-electron chi connectivity index (χ3n) is 3.91. The Kier molecular flexibility index (Phi) is 3.66. The van der Waals surface area contributed by atoms with Crippen molar-refractivity contribution in [2.75, 3.05) is 13.6 Å². The van der Waals surface area contributed by atoms with Crippen LogP contribution >= 0.6 is 0 Å². The zero-order chi connectivity index (χ0) is 14.8. The van der Waals surface area contributed by atoms with Gasteiger partial charge in [0.15, 0.2) is 0 Å². The molecular weight excluding hydrogens is 266 g/mol. The third-order valence-corrected chi connectivity index (χ3v) is 3.91. The average Bonchev–Trinajstić information content (AvgIpc) is 2.94. The molecule has 3 heterocycles. The minimum absolute atomic E-state index is 0.178. The first-order valence-electron chi connectivity index (χ1n) is 7.01. The zero-order valence-electron chi connectivity index (χ0n) is 11.9. The number of carboxylic acids is 1. The van der Waals surface area contributed by atoms with Gasteiger partial charge in [-0.05, 0) is 44.6 Å². The van der Waals surface area contributed by atoms with E-state index in [1.807, 2.05) is 18.2 Å². The molecule has 2 aromatic heterocycles. The summed E-state index contributed by atoms with van der Waals surface area (Å²) in [6.45, 7) is 1.09. The van der Waals surface area contributed by atoms with Crippen molar-refractivity contribution in [1.29, 1.82) is 0 Å². The minimum atomic E-state index is -0.976. The van der Waals surface area contributed by atoms with Gasteiger partial charge in [0, 0.05) is 18.0 Å². The highest BCUT2D eigenvalue weighted by molar-refractivity contribution is 5.88. The summed E-state index contributed by atoms with van der Waals surface area (Å²) in [5, 5.41) is 9.05. The number of rotatable bonds is 3. The van der Waals surface area contributed by atoms with E-state index >= 15 is 0 Å². The lowest BCUT2D eigenvalue weighted by molar-refractivity contribution is 0.0696. The van der Waals surface area contributed by atoms with Crippen LogP contribution in [0.5, 0.6) is 0 Å². The summed E-state index contributed by atoms with van der Waals surface area (Å²) in [5.41, 5.74) is 2.71. The number of nitrogens with zero attached hydrogens (tertiary/aromatic N) is 3. The van der Waals surface area contributed by atoms with Crippen LogP contribution in [-0.4, -0.2) is 39.5 Å². The molecule has 0 radical (unpaired) electrons. The molecule has 3 rings (SSSR count). The maximum absolute atomic E-state index is 11.0. The highest BCUT2D eigenvalue weighted by atomic mass is 16.4. The summed E-state index contributed by atoms with van der Waals surface area (Å²) in [6.07, 6.45) is 5.29. The van der Waals surface area contributed by atoms with Gasteiger partial charge in [0.05, 0.1) is 23.0 Å². The highest BCUT2D eigenvalue weighted by Crippen LogP contribution is 2.30. The number of carbonyl (C=O) groups is 1. The number of carboxylic acid groups (broad SMARTS) is 1. The molecule has 0 aliphatic carbocycles. The van der Waals surface area contributed by atoms with Gasteiger partial charge in [-0.2, -0.15) is 0 Å². The van der Waals surface area contributed by atoms with E-state index in [1.165, 1.54) is 12.6 Å². The maximum Gasteiger partial charge on any atom is 0.337 e. The SMILES string of the molecule is CN1CCCC1c1cccc(-c2cncc(C(=O)O)c2)n1. The lowest BCUT2D eigenvalue weighted by atomic mass is 10.1. The van der Waals surface area contributed by atoms with E-state index in [0.717, 1.165) is 29.9 Å². The first kappa shape index (κ1) is 13.7. The number of pyridine rings is 2. The first-order valence-corrected chi connectivity index (χ1v) is 7.01. The number of hydrogen-bond acceptors (Lipinski definition) is 4. The van der Waals surface area contributed by atoms with Crippen molar-refractivity contribution >= 4 is 5.97 Å². The van der Waals surface area contributed by atoms with Gasteiger partial charge >= 0.3 is 5.97 Å². The van der Waals surface area contributed by atoms with Crippen LogP contribution in [0.3, 0.4) is 0 Å². The Bertz CT molecular complexity index is 672. The number of likely N-dealkylation sites (tertiary alicyclic amines) is 1. The molecule has 0 amide bonds. The Hall–Kier alpha value is -2.27. The Balaban J connectivity index is 1.96. The standard InChI is InChI=1S/C16H17N3O2/c1-19-7-3-6-15(19)14-5-2-4-13(18-14)11-8-12(16(20)21)10-17-9-11/h2,4-5,8-10,15H,3,6-7H2,1H3,(H,20,21). The molecule has 5 heteroatoms. The van der Waals surface area contributed by atoms with Gasteiger partial charge in [0.2, 0.25) is 0 Å². The van der Waals surface area contributed by atoms with Gasteiger partial charge < -0.3 is 5.11 Å². The van der Waals surface area contributed by atoms with Crippen LogP contribution in [0.25, 0.3) is 11.3 Å². The fraction of sp³-hybridized carbons (Fsp3) is 0.312. The lowest BCUT2D eigenvalue weighted by Crippen LogP contribution is -2.18. The van der Waals surface area contributed by atoms with Crippen molar-refractivity contribution < 1.29 is 9.90 Å². The van der Waals surface area contributed by atoms with E-state index in [-0.39, 0.29) is 5.56 Å². The van der Waals surface area contributed by atoms with Crippen LogP contribution in [-0.2, 0) is 0 Å². The minimum Gasteiger partial charge on any atom is -0.478 e. The summed E-state index contributed by atoms with van der Waals surface area (Å²) >= 11 is 0. The Morgan fingerprint density at radius 2 is 2.24 bits per heavy atom. The summed E-state index contributed by atoms with van der Waals surface area (Å²) in [6, 6.07) is 7.85. The Morgan fingerprint density at radius 3 is 2.95 bits per heavy atom. The topological polar surface area (TPSA) is 66.3 Å². The zero-order valence-corrected chi connectivity index (χ0v) is 11.9. The molecule has 1 atom stereocenters. The molecule has 21 heavy (non-hydrogen) atoms. The average molecular weight is 283 g/mol. The molecule has 5 nitrogen and oxygen atoms in total.